The van der Waals surface area contributed by atoms with Crippen LogP contribution in [0.25, 0.3) is 0 Å². The van der Waals surface area contributed by atoms with E-state index in [9.17, 15) is 9.59 Å². The fraction of sp³-hybridized carbons (Fsp3) is 0.200. The lowest BCUT2D eigenvalue weighted by Gasteiger charge is -2.07. The number of carbonyl (C=O) groups is 2. The fourth-order valence-corrected chi connectivity index (χ4v) is 1.79. The van der Waals surface area contributed by atoms with Crippen LogP contribution in [0.2, 0.25) is 0 Å². The van der Waals surface area contributed by atoms with Crippen molar-refractivity contribution in [3.8, 4) is 0 Å². The van der Waals surface area contributed by atoms with Gasteiger partial charge in [0.1, 0.15) is 0 Å². The van der Waals surface area contributed by atoms with Crippen LogP contribution in [0.15, 0.2) is 27.6 Å². The predicted octanol–water partition coefficient (Wildman–Crippen LogP) is 2.24. The van der Waals surface area contributed by atoms with Gasteiger partial charge in [-0.05, 0) is 25.1 Å². The van der Waals surface area contributed by atoms with E-state index >= 15 is 0 Å². The van der Waals surface area contributed by atoms with Crippen molar-refractivity contribution in [1.82, 2.24) is 0 Å². The van der Waals surface area contributed by atoms with Crippen LogP contribution in [-0.2, 0) is 14.3 Å². The Morgan fingerprint density at radius 1 is 1.50 bits per heavy atom. The van der Waals surface area contributed by atoms with Gasteiger partial charge in [0.25, 0.3) is 0 Å². The molecule has 4 nitrogen and oxygen atoms in total. The van der Waals surface area contributed by atoms with Crippen molar-refractivity contribution >= 4 is 46.1 Å². The molecule has 0 unspecified atom stereocenters. The van der Waals surface area contributed by atoms with Gasteiger partial charge in [0.2, 0.25) is 0 Å². The molecular formula is C10H10BrNO3S. The molecule has 16 heavy (non-hydrogen) atoms. The van der Waals surface area contributed by atoms with E-state index in [2.05, 4.69) is 38.6 Å². The van der Waals surface area contributed by atoms with Crippen LogP contribution < -0.4 is 5.32 Å². The van der Waals surface area contributed by atoms with Crippen molar-refractivity contribution in [2.24, 2.45) is 0 Å². The van der Waals surface area contributed by atoms with Crippen molar-refractivity contribution < 1.29 is 14.3 Å². The zero-order chi connectivity index (χ0) is 12.1. The summed E-state index contributed by atoms with van der Waals surface area (Å²) in [6.45, 7) is 1.80. The summed E-state index contributed by atoms with van der Waals surface area (Å²) in [6.07, 6.45) is 0. The van der Waals surface area contributed by atoms with Crippen LogP contribution in [0.5, 0.6) is 0 Å². The Morgan fingerprint density at radius 2 is 2.19 bits per heavy atom. The largest absolute Gasteiger partial charge is 0.459 e. The number of benzene rings is 1. The summed E-state index contributed by atoms with van der Waals surface area (Å²) in [4.78, 5) is 22.9. The van der Waals surface area contributed by atoms with Gasteiger partial charge in [0, 0.05) is 9.37 Å². The Kier molecular flexibility index (Phi) is 4.82. The van der Waals surface area contributed by atoms with Gasteiger partial charge in [0.15, 0.2) is 0 Å². The minimum absolute atomic E-state index is 0.167. The summed E-state index contributed by atoms with van der Waals surface area (Å²) in [5, 5.41) is 2.41. The average Bonchev–Trinajstić information content (AvgIpc) is 2.22. The average molecular weight is 304 g/mol. The van der Waals surface area contributed by atoms with E-state index in [1.807, 2.05) is 0 Å². The highest BCUT2D eigenvalue weighted by molar-refractivity contribution is 9.10. The number of ether oxygens (including phenoxy) is 1. The van der Waals surface area contributed by atoms with Gasteiger partial charge < -0.3 is 10.1 Å². The first-order chi connectivity index (χ1) is 7.54. The Bertz CT molecular complexity index is 423. The maximum Gasteiger partial charge on any atom is 0.397 e. The van der Waals surface area contributed by atoms with E-state index < -0.39 is 11.9 Å². The van der Waals surface area contributed by atoms with E-state index in [0.717, 1.165) is 4.47 Å². The molecule has 0 aromatic heterocycles. The molecule has 1 rings (SSSR count). The van der Waals surface area contributed by atoms with Crippen molar-refractivity contribution in [1.29, 1.82) is 0 Å². The van der Waals surface area contributed by atoms with Crippen LogP contribution in [0.4, 0.5) is 5.69 Å². The molecule has 1 aromatic carbocycles. The number of rotatable bonds is 2. The Labute approximate surface area is 107 Å². The molecule has 0 aliphatic carbocycles. The van der Waals surface area contributed by atoms with Crippen molar-refractivity contribution in [2.75, 3.05) is 11.9 Å². The quantitative estimate of drug-likeness (QED) is 0.500. The third-order valence-corrected chi connectivity index (χ3v) is 2.53. The number of anilines is 1. The summed E-state index contributed by atoms with van der Waals surface area (Å²) in [7, 11) is 0. The Balaban J connectivity index is 2.73. The predicted molar refractivity (Wildman–Crippen MR) is 66.7 cm³/mol. The highest BCUT2D eigenvalue weighted by atomic mass is 79.9. The number of nitrogens with one attached hydrogen (secondary N) is 1. The maximum absolute atomic E-state index is 11.3. The van der Waals surface area contributed by atoms with Gasteiger partial charge >= 0.3 is 11.9 Å². The first-order valence-electron chi connectivity index (χ1n) is 4.51. The molecule has 0 saturated heterocycles. The highest BCUT2D eigenvalue weighted by Crippen LogP contribution is 2.23. The number of carbonyl (C=O) groups excluding carboxylic acids is 2. The summed E-state index contributed by atoms with van der Waals surface area (Å²) >= 11 is 7.43. The standard InChI is InChI=1S/C10H10BrNO3S/c1-2-15-10(14)9(13)12-7-4-3-6(11)5-8(7)16/h3-5,16H,2H2,1H3,(H,12,13). The van der Waals surface area contributed by atoms with Crippen LogP contribution in [0.3, 0.4) is 0 Å². The summed E-state index contributed by atoms with van der Waals surface area (Å²) < 4.78 is 5.39. The van der Waals surface area contributed by atoms with E-state index in [1.54, 1.807) is 25.1 Å². The van der Waals surface area contributed by atoms with E-state index in [4.69, 9.17) is 0 Å². The van der Waals surface area contributed by atoms with E-state index in [0.29, 0.717) is 10.6 Å². The molecule has 0 bridgehead atoms. The van der Waals surface area contributed by atoms with Gasteiger partial charge in [-0.1, -0.05) is 15.9 Å². The minimum atomic E-state index is -0.904. The normalized spacial score (nSPS) is 9.69. The topological polar surface area (TPSA) is 55.4 Å². The lowest BCUT2D eigenvalue weighted by Crippen LogP contribution is -2.25. The maximum atomic E-state index is 11.3. The fourth-order valence-electron chi connectivity index (χ4n) is 0.980. The van der Waals surface area contributed by atoms with Gasteiger partial charge in [-0.3, -0.25) is 4.79 Å². The number of hydrogen-bond acceptors (Lipinski definition) is 4. The third kappa shape index (κ3) is 3.53. The molecule has 1 N–H and O–H groups in total. The molecule has 0 aliphatic heterocycles. The van der Waals surface area contributed by atoms with Gasteiger partial charge in [-0.15, -0.1) is 12.6 Å². The van der Waals surface area contributed by atoms with Crippen molar-refractivity contribution in [3.05, 3.63) is 22.7 Å². The van der Waals surface area contributed by atoms with Gasteiger partial charge in [-0.25, -0.2) is 4.79 Å². The van der Waals surface area contributed by atoms with Crippen LogP contribution in [0, 0.1) is 0 Å². The summed E-state index contributed by atoms with van der Waals surface area (Å²) in [5.41, 5.74) is 0.463. The molecule has 1 aromatic rings. The lowest BCUT2D eigenvalue weighted by molar-refractivity contribution is -0.152. The molecule has 0 radical (unpaired) electrons. The van der Waals surface area contributed by atoms with Crippen molar-refractivity contribution in [2.45, 2.75) is 11.8 Å². The number of hydrogen-bond donors (Lipinski definition) is 2. The van der Waals surface area contributed by atoms with Crippen LogP contribution in [0.1, 0.15) is 6.92 Å². The van der Waals surface area contributed by atoms with E-state index in [1.165, 1.54) is 0 Å². The molecule has 6 heteroatoms. The molecule has 0 spiro atoms. The molecule has 86 valence electrons. The minimum Gasteiger partial charge on any atom is -0.459 e. The Hall–Kier alpha value is -1.01. The van der Waals surface area contributed by atoms with Gasteiger partial charge in [0.05, 0.1) is 12.3 Å². The van der Waals surface area contributed by atoms with Gasteiger partial charge in [-0.2, -0.15) is 0 Å². The second-order valence-corrected chi connectivity index (χ2v) is 4.23. The lowest BCUT2D eigenvalue weighted by atomic mass is 10.3. The Morgan fingerprint density at radius 3 is 2.75 bits per heavy atom. The SMILES string of the molecule is CCOC(=O)C(=O)Nc1ccc(Br)cc1S. The monoisotopic (exact) mass is 303 g/mol. The summed E-state index contributed by atoms with van der Waals surface area (Å²) in [6, 6.07) is 5.09. The van der Waals surface area contributed by atoms with Crippen LogP contribution >= 0.6 is 28.6 Å². The van der Waals surface area contributed by atoms with Crippen LogP contribution in [-0.4, -0.2) is 18.5 Å². The first-order valence-corrected chi connectivity index (χ1v) is 5.75. The second kappa shape index (κ2) is 5.91. The molecule has 0 aliphatic rings. The molecule has 0 fully saturated rings. The summed E-state index contributed by atoms with van der Waals surface area (Å²) in [5.74, 6) is -1.71. The highest BCUT2D eigenvalue weighted by Gasteiger charge is 2.15. The molecule has 0 saturated carbocycles. The number of esters is 1. The zero-order valence-corrected chi connectivity index (χ0v) is 11.0. The van der Waals surface area contributed by atoms with E-state index in [-0.39, 0.29) is 6.61 Å². The van der Waals surface area contributed by atoms with Crippen molar-refractivity contribution in [3.63, 3.8) is 0 Å². The number of thiol groups is 1. The molecule has 0 atom stereocenters. The second-order valence-electron chi connectivity index (χ2n) is 2.84. The number of amides is 1. The zero-order valence-electron chi connectivity index (χ0n) is 8.49. The molecule has 0 heterocycles. The number of halogens is 1. The molecular weight excluding hydrogens is 294 g/mol. The molecule has 1 amide bonds. The smallest absolute Gasteiger partial charge is 0.397 e. The first kappa shape index (κ1) is 13.1. The third-order valence-electron chi connectivity index (χ3n) is 1.67.